The van der Waals surface area contributed by atoms with Gasteiger partial charge in [-0.15, -0.1) is 0 Å². The summed E-state index contributed by atoms with van der Waals surface area (Å²) in [5.41, 5.74) is 6.93. The van der Waals surface area contributed by atoms with E-state index in [1.165, 1.54) is 12.1 Å². The van der Waals surface area contributed by atoms with Crippen molar-refractivity contribution in [2.24, 2.45) is 0 Å². The highest BCUT2D eigenvalue weighted by molar-refractivity contribution is 9.10. The average Bonchev–Trinajstić information content (AvgIpc) is 2.27. The van der Waals surface area contributed by atoms with Gasteiger partial charge in [0, 0.05) is 10.7 Å². The van der Waals surface area contributed by atoms with E-state index in [2.05, 4.69) is 26.2 Å². The average molecular weight is 282 g/mol. The molecule has 1 aromatic carbocycles. The van der Waals surface area contributed by atoms with E-state index in [9.17, 15) is 4.39 Å². The number of nitrogens with zero attached hydrogens (tertiary/aromatic N) is 1. The predicted molar refractivity (Wildman–Crippen MR) is 66.0 cm³/mol. The van der Waals surface area contributed by atoms with Crippen LogP contribution in [0.1, 0.15) is 0 Å². The molecule has 0 amide bonds. The Morgan fingerprint density at radius 1 is 1.25 bits per heavy atom. The quantitative estimate of drug-likeness (QED) is 0.888. The van der Waals surface area contributed by atoms with Gasteiger partial charge in [0.05, 0.1) is 11.4 Å². The number of aromatic nitrogens is 1. The van der Waals surface area contributed by atoms with E-state index in [0.29, 0.717) is 17.2 Å². The fourth-order valence-electron chi connectivity index (χ4n) is 1.26. The molecular weight excluding hydrogens is 273 g/mol. The minimum absolute atomic E-state index is 0.312. The fourth-order valence-corrected chi connectivity index (χ4v) is 1.61. The van der Waals surface area contributed by atoms with Gasteiger partial charge in [0.2, 0.25) is 0 Å². The highest BCUT2D eigenvalue weighted by atomic mass is 79.9. The van der Waals surface area contributed by atoms with E-state index in [1.54, 1.807) is 24.4 Å². The van der Waals surface area contributed by atoms with E-state index in [1.807, 2.05) is 0 Å². The van der Waals surface area contributed by atoms with Crippen molar-refractivity contribution in [1.29, 1.82) is 0 Å². The number of hydrogen-bond donors (Lipinski definition) is 2. The van der Waals surface area contributed by atoms with Crippen LogP contribution in [0.2, 0.25) is 0 Å². The maximum atomic E-state index is 13.0. The maximum absolute atomic E-state index is 13.0. The van der Waals surface area contributed by atoms with Gasteiger partial charge in [-0.25, -0.2) is 9.37 Å². The molecule has 3 N–H and O–H groups in total. The Hall–Kier alpha value is -1.62. The van der Waals surface area contributed by atoms with E-state index in [-0.39, 0.29) is 5.82 Å². The van der Waals surface area contributed by atoms with Gasteiger partial charge in [-0.05, 0) is 46.3 Å². The summed E-state index contributed by atoms with van der Waals surface area (Å²) in [5, 5.41) is 3.01. The maximum Gasteiger partial charge on any atom is 0.147 e. The summed E-state index contributed by atoms with van der Waals surface area (Å²) >= 11 is 3.32. The van der Waals surface area contributed by atoms with Crippen LogP contribution in [-0.4, -0.2) is 4.98 Å². The van der Waals surface area contributed by atoms with Gasteiger partial charge in [0.15, 0.2) is 0 Å². The molecule has 16 heavy (non-hydrogen) atoms. The standard InChI is InChI=1S/C11H9BrFN3/c12-8-4-3-7(13)6-10(8)16-9-2-1-5-15-11(9)14/h1-6,16H,(H2,14,15). The molecule has 1 heterocycles. The van der Waals surface area contributed by atoms with E-state index < -0.39 is 0 Å². The van der Waals surface area contributed by atoms with E-state index >= 15 is 0 Å². The minimum atomic E-state index is -0.312. The highest BCUT2D eigenvalue weighted by Crippen LogP contribution is 2.28. The lowest BCUT2D eigenvalue weighted by Crippen LogP contribution is -1.98. The van der Waals surface area contributed by atoms with Crippen LogP contribution in [0, 0.1) is 5.82 Å². The summed E-state index contributed by atoms with van der Waals surface area (Å²) in [4.78, 5) is 3.93. The Morgan fingerprint density at radius 2 is 2.06 bits per heavy atom. The van der Waals surface area contributed by atoms with Crippen LogP contribution < -0.4 is 11.1 Å². The normalized spacial score (nSPS) is 10.1. The van der Waals surface area contributed by atoms with Crippen molar-refractivity contribution in [2.75, 3.05) is 11.1 Å². The van der Waals surface area contributed by atoms with Crippen molar-refractivity contribution in [2.45, 2.75) is 0 Å². The van der Waals surface area contributed by atoms with Gasteiger partial charge in [-0.2, -0.15) is 0 Å². The van der Waals surface area contributed by atoms with Gasteiger partial charge in [0.25, 0.3) is 0 Å². The second-order valence-electron chi connectivity index (χ2n) is 3.19. The highest BCUT2D eigenvalue weighted by Gasteiger charge is 2.04. The number of nitrogens with one attached hydrogen (secondary N) is 1. The number of benzene rings is 1. The van der Waals surface area contributed by atoms with Gasteiger partial charge in [0.1, 0.15) is 11.6 Å². The van der Waals surface area contributed by atoms with Crippen LogP contribution in [0.5, 0.6) is 0 Å². The van der Waals surface area contributed by atoms with Crippen molar-refractivity contribution in [3.8, 4) is 0 Å². The first-order valence-electron chi connectivity index (χ1n) is 4.59. The molecule has 0 aliphatic rings. The molecule has 0 saturated carbocycles. The Kier molecular flexibility index (Phi) is 3.05. The molecule has 0 bridgehead atoms. The second-order valence-corrected chi connectivity index (χ2v) is 4.04. The third-order valence-corrected chi connectivity index (χ3v) is 2.73. The van der Waals surface area contributed by atoms with E-state index in [0.717, 1.165) is 4.47 Å². The van der Waals surface area contributed by atoms with Crippen LogP contribution in [0.25, 0.3) is 0 Å². The van der Waals surface area contributed by atoms with Crippen molar-refractivity contribution in [3.63, 3.8) is 0 Å². The van der Waals surface area contributed by atoms with Crippen LogP contribution >= 0.6 is 15.9 Å². The lowest BCUT2D eigenvalue weighted by Gasteiger charge is -2.09. The van der Waals surface area contributed by atoms with Crippen LogP contribution in [-0.2, 0) is 0 Å². The molecule has 0 atom stereocenters. The molecule has 0 fully saturated rings. The monoisotopic (exact) mass is 281 g/mol. The third-order valence-electron chi connectivity index (χ3n) is 2.04. The summed E-state index contributed by atoms with van der Waals surface area (Å²) in [5.74, 6) is 0.0619. The first kappa shape index (κ1) is 10.9. The Morgan fingerprint density at radius 3 is 2.81 bits per heavy atom. The summed E-state index contributed by atoms with van der Waals surface area (Å²) in [7, 11) is 0. The SMILES string of the molecule is Nc1ncccc1Nc1cc(F)ccc1Br. The molecule has 0 aliphatic carbocycles. The van der Waals surface area contributed by atoms with E-state index in [4.69, 9.17) is 5.73 Å². The molecule has 3 nitrogen and oxygen atoms in total. The summed E-state index contributed by atoms with van der Waals surface area (Å²) < 4.78 is 13.8. The van der Waals surface area contributed by atoms with Gasteiger partial charge >= 0.3 is 0 Å². The zero-order valence-corrected chi connectivity index (χ0v) is 9.83. The molecule has 5 heteroatoms. The van der Waals surface area contributed by atoms with Crippen molar-refractivity contribution < 1.29 is 4.39 Å². The molecule has 0 unspecified atom stereocenters. The number of hydrogen-bond acceptors (Lipinski definition) is 3. The molecule has 0 radical (unpaired) electrons. The number of nitrogen functional groups attached to an aromatic ring is 1. The third kappa shape index (κ3) is 2.30. The summed E-state index contributed by atoms with van der Waals surface area (Å²) in [6.45, 7) is 0. The smallest absolute Gasteiger partial charge is 0.147 e. The van der Waals surface area contributed by atoms with Gasteiger partial charge in [-0.1, -0.05) is 0 Å². The van der Waals surface area contributed by atoms with Crippen molar-refractivity contribution in [3.05, 3.63) is 46.8 Å². The molecule has 0 aliphatic heterocycles. The topological polar surface area (TPSA) is 50.9 Å². The zero-order valence-electron chi connectivity index (χ0n) is 8.24. The van der Waals surface area contributed by atoms with Crippen LogP contribution in [0.4, 0.5) is 21.6 Å². The minimum Gasteiger partial charge on any atom is -0.382 e. The second kappa shape index (κ2) is 4.49. The first-order valence-corrected chi connectivity index (χ1v) is 5.38. The molecular formula is C11H9BrFN3. The van der Waals surface area contributed by atoms with Gasteiger partial charge < -0.3 is 11.1 Å². The number of halogens is 2. The fraction of sp³-hybridized carbons (Fsp3) is 0. The molecule has 1 aromatic heterocycles. The Labute approximate surface area is 101 Å². The number of anilines is 3. The zero-order chi connectivity index (χ0) is 11.5. The van der Waals surface area contributed by atoms with Gasteiger partial charge in [-0.3, -0.25) is 0 Å². The lowest BCUT2D eigenvalue weighted by atomic mass is 10.3. The molecule has 0 saturated heterocycles. The molecule has 0 spiro atoms. The first-order chi connectivity index (χ1) is 7.66. The summed E-state index contributed by atoms with van der Waals surface area (Å²) in [6, 6.07) is 7.92. The van der Waals surface area contributed by atoms with Crippen LogP contribution in [0.3, 0.4) is 0 Å². The Balaban J connectivity index is 2.34. The lowest BCUT2D eigenvalue weighted by molar-refractivity contribution is 0.628. The van der Waals surface area contributed by atoms with Crippen molar-refractivity contribution in [1.82, 2.24) is 4.98 Å². The summed E-state index contributed by atoms with van der Waals surface area (Å²) in [6.07, 6.45) is 1.60. The largest absolute Gasteiger partial charge is 0.382 e. The molecule has 2 rings (SSSR count). The Bertz CT molecular complexity index is 516. The molecule has 82 valence electrons. The van der Waals surface area contributed by atoms with Crippen LogP contribution in [0.15, 0.2) is 41.0 Å². The number of pyridine rings is 1. The predicted octanol–water partition coefficient (Wildman–Crippen LogP) is 3.31. The van der Waals surface area contributed by atoms with Crippen molar-refractivity contribution >= 4 is 33.1 Å². The molecule has 2 aromatic rings. The number of nitrogens with two attached hydrogens (primary N) is 1. The number of rotatable bonds is 2.